The number of aromatic nitrogens is 2. The fraction of sp³-hybridized carbons (Fsp3) is 0.273. The van der Waals surface area contributed by atoms with Crippen LogP contribution in [0.15, 0.2) is 21.6 Å². The van der Waals surface area contributed by atoms with Crippen molar-refractivity contribution in [3.05, 3.63) is 35.5 Å². The van der Waals surface area contributed by atoms with Crippen LogP contribution in [0.2, 0.25) is 0 Å². The number of rotatable bonds is 5. The highest BCUT2D eigenvalue weighted by Gasteiger charge is 2.23. The van der Waals surface area contributed by atoms with Gasteiger partial charge in [-0.25, -0.2) is 17.2 Å². The Kier molecular flexibility index (Phi) is 4.43. The summed E-state index contributed by atoms with van der Waals surface area (Å²) < 4.78 is 59.2. The standard InChI is InChI=1S/C11H9ClF2N2O4S/c1-2-10-15-9(16-20-10)5-19-11-7(14)3-6(13)4-8(11)21(12,17)18/h3-4H,2,5H2,1H3. The van der Waals surface area contributed by atoms with Gasteiger partial charge in [0.1, 0.15) is 10.7 Å². The van der Waals surface area contributed by atoms with Crippen molar-refractivity contribution in [1.82, 2.24) is 10.1 Å². The van der Waals surface area contributed by atoms with Gasteiger partial charge in [-0.15, -0.1) is 0 Å². The van der Waals surface area contributed by atoms with Gasteiger partial charge in [0, 0.05) is 23.2 Å². The van der Waals surface area contributed by atoms with Gasteiger partial charge in [-0.1, -0.05) is 12.1 Å². The fourth-order valence-electron chi connectivity index (χ4n) is 1.49. The molecule has 0 N–H and O–H groups in total. The summed E-state index contributed by atoms with van der Waals surface area (Å²) in [6, 6.07) is 1.04. The second kappa shape index (κ2) is 5.94. The maximum atomic E-state index is 13.7. The van der Waals surface area contributed by atoms with Crippen LogP contribution in [0.3, 0.4) is 0 Å². The predicted molar refractivity (Wildman–Crippen MR) is 67.4 cm³/mol. The van der Waals surface area contributed by atoms with Crippen LogP contribution in [0, 0.1) is 11.6 Å². The summed E-state index contributed by atoms with van der Waals surface area (Å²) >= 11 is 0. The van der Waals surface area contributed by atoms with Crippen molar-refractivity contribution >= 4 is 19.7 Å². The first-order valence-corrected chi connectivity index (χ1v) is 8.00. The molecule has 2 rings (SSSR count). The summed E-state index contributed by atoms with van der Waals surface area (Å²) in [5, 5.41) is 3.55. The Balaban J connectivity index is 2.31. The Morgan fingerprint density at radius 1 is 1.38 bits per heavy atom. The Hall–Kier alpha value is -1.74. The van der Waals surface area contributed by atoms with E-state index >= 15 is 0 Å². The molecular weight excluding hydrogens is 330 g/mol. The van der Waals surface area contributed by atoms with Crippen LogP contribution in [0.25, 0.3) is 0 Å². The quantitative estimate of drug-likeness (QED) is 0.779. The number of benzene rings is 1. The zero-order chi connectivity index (χ0) is 15.6. The predicted octanol–water partition coefficient (Wildman–Crippen LogP) is 2.42. The number of hydrogen-bond acceptors (Lipinski definition) is 6. The Morgan fingerprint density at radius 3 is 2.67 bits per heavy atom. The van der Waals surface area contributed by atoms with Gasteiger partial charge in [0.05, 0.1) is 0 Å². The minimum atomic E-state index is -4.38. The van der Waals surface area contributed by atoms with E-state index < -0.39 is 31.3 Å². The van der Waals surface area contributed by atoms with Gasteiger partial charge in [0.2, 0.25) is 11.7 Å². The molecule has 0 fully saturated rings. The second-order valence-corrected chi connectivity index (χ2v) is 6.43. The van der Waals surface area contributed by atoms with E-state index in [2.05, 4.69) is 10.1 Å². The Bertz CT molecular complexity index is 764. The molecule has 21 heavy (non-hydrogen) atoms. The van der Waals surface area contributed by atoms with Crippen molar-refractivity contribution in [1.29, 1.82) is 0 Å². The van der Waals surface area contributed by atoms with Crippen LogP contribution < -0.4 is 4.74 Å². The number of aryl methyl sites for hydroxylation is 1. The van der Waals surface area contributed by atoms with E-state index in [4.69, 9.17) is 19.9 Å². The van der Waals surface area contributed by atoms with Gasteiger partial charge in [-0.3, -0.25) is 0 Å². The van der Waals surface area contributed by atoms with E-state index in [1.807, 2.05) is 0 Å². The maximum absolute atomic E-state index is 13.7. The molecule has 6 nitrogen and oxygen atoms in total. The molecule has 0 bridgehead atoms. The molecule has 0 aliphatic heterocycles. The van der Waals surface area contributed by atoms with Gasteiger partial charge in [0.25, 0.3) is 9.05 Å². The first-order chi connectivity index (χ1) is 9.81. The van der Waals surface area contributed by atoms with Crippen molar-refractivity contribution in [3.8, 4) is 5.75 Å². The lowest BCUT2D eigenvalue weighted by Crippen LogP contribution is -2.05. The van der Waals surface area contributed by atoms with Crippen LogP contribution in [-0.2, 0) is 22.1 Å². The highest BCUT2D eigenvalue weighted by molar-refractivity contribution is 8.13. The van der Waals surface area contributed by atoms with Crippen molar-refractivity contribution in [2.24, 2.45) is 0 Å². The number of nitrogens with zero attached hydrogens (tertiary/aromatic N) is 2. The molecule has 1 aromatic carbocycles. The summed E-state index contributed by atoms with van der Waals surface area (Å²) in [4.78, 5) is 3.10. The molecule has 0 spiro atoms. The Labute approximate surface area is 123 Å². The normalized spacial score (nSPS) is 11.6. The lowest BCUT2D eigenvalue weighted by molar-refractivity contribution is 0.264. The SMILES string of the molecule is CCc1nc(COc2c(F)cc(F)cc2S(=O)(=O)Cl)no1. The lowest BCUT2D eigenvalue weighted by atomic mass is 10.3. The first-order valence-electron chi connectivity index (χ1n) is 5.69. The molecule has 114 valence electrons. The van der Waals surface area contributed by atoms with E-state index in [1.54, 1.807) is 6.92 Å². The molecule has 0 amide bonds. The summed E-state index contributed by atoms with van der Waals surface area (Å²) in [5.41, 5.74) is 0. The molecule has 0 radical (unpaired) electrons. The zero-order valence-electron chi connectivity index (χ0n) is 10.6. The molecule has 0 aliphatic carbocycles. The van der Waals surface area contributed by atoms with Crippen molar-refractivity contribution in [2.45, 2.75) is 24.8 Å². The third-order valence-electron chi connectivity index (χ3n) is 2.40. The zero-order valence-corrected chi connectivity index (χ0v) is 12.2. The average molecular weight is 339 g/mol. The summed E-state index contributed by atoms with van der Waals surface area (Å²) in [7, 11) is 0.746. The van der Waals surface area contributed by atoms with Crippen molar-refractivity contribution in [3.63, 3.8) is 0 Å². The molecule has 1 heterocycles. The van der Waals surface area contributed by atoms with Crippen LogP contribution in [0.5, 0.6) is 5.75 Å². The van der Waals surface area contributed by atoms with E-state index in [-0.39, 0.29) is 12.4 Å². The van der Waals surface area contributed by atoms with E-state index in [1.165, 1.54) is 0 Å². The van der Waals surface area contributed by atoms with Crippen molar-refractivity contribution < 1.29 is 26.5 Å². The van der Waals surface area contributed by atoms with Crippen LogP contribution in [0.4, 0.5) is 8.78 Å². The second-order valence-electron chi connectivity index (χ2n) is 3.90. The monoisotopic (exact) mass is 338 g/mol. The van der Waals surface area contributed by atoms with Crippen LogP contribution >= 0.6 is 10.7 Å². The molecule has 0 saturated heterocycles. The van der Waals surface area contributed by atoms with E-state index in [0.717, 1.165) is 0 Å². The molecule has 2 aromatic rings. The van der Waals surface area contributed by atoms with Crippen LogP contribution in [-0.4, -0.2) is 18.6 Å². The maximum Gasteiger partial charge on any atom is 0.265 e. The first kappa shape index (κ1) is 15.6. The molecule has 10 heteroatoms. The Morgan fingerprint density at radius 2 is 2.10 bits per heavy atom. The summed E-state index contributed by atoms with van der Waals surface area (Å²) in [6.45, 7) is 1.43. The molecular formula is C11H9ClF2N2O4S. The molecule has 1 aromatic heterocycles. The third-order valence-corrected chi connectivity index (χ3v) is 3.72. The molecule has 0 aliphatic rings. The fourth-order valence-corrected chi connectivity index (χ4v) is 2.46. The van der Waals surface area contributed by atoms with E-state index in [0.29, 0.717) is 24.4 Å². The van der Waals surface area contributed by atoms with Crippen molar-refractivity contribution in [2.75, 3.05) is 0 Å². The molecule has 0 unspecified atom stereocenters. The third kappa shape index (κ3) is 3.67. The van der Waals surface area contributed by atoms with Crippen LogP contribution in [0.1, 0.15) is 18.6 Å². The van der Waals surface area contributed by atoms with Gasteiger partial charge in [-0.2, -0.15) is 4.98 Å². The number of ether oxygens (including phenoxy) is 1. The molecule has 0 atom stereocenters. The van der Waals surface area contributed by atoms with Gasteiger partial charge in [0.15, 0.2) is 18.2 Å². The van der Waals surface area contributed by atoms with Gasteiger partial charge in [-0.05, 0) is 6.07 Å². The lowest BCUT2D eigenvalue weighted by Gasteiger charge is -2.09. The number of hydrogen-bond donors (Lipinski definition) is 0. The smallest absolute Gasteiger partial charge is 0.265 e. The highest BCUT2D eigenvalue weighted by atomic mass is 35.7. The minimum absolute atomic E-state index is 0.0912. The van der Waals surface area contributed by atoms with Gasteiger partial charge < -0.3 is 9.26 Å². The molecule has 0 saturated carbocycles. The summed E-state index contributed by atoms with van der Waals surface area (Å²) in [5.74, 6) is -2.55. The largest absolute Gasteiger partial charge is 0.481 e. The van der Waals surface area contributed by atoms with Gasteiger partial charge >= 0.3 is 0 Å². The highest BCUT2D eigenvalue weighted by Crippen LogP contribution is 2.31. The number of halogens is 3. The topological polar surface area (TPSA) is 82.3 Å². The average Bonchev–Trinajstić information content (AvgIpc) is 2.83. The van der Waals surface area contributed by atoms with E-state index in [9.17, 15) is 17.2 Å². The summed E-state index contributed by atoms with van der Waals surface area (Å²) in [6.07, 6.45) is 0.499. The minimum Gasteiger partial charge on any atom is -0.481 e.